The molecule has 17 heteroatoms. The minimum Gasteiger partial charge on any atom is -0.395 e. The van der Waals surface area contributed by atoms with Crippen molar-refractivity contribution in [3.05, 3.63) is 65.5 Å². The molecular formula is C26H27F8NO6S2. The van der Waals surface area contributed by atoms with Crippen LogP contribution in [-0.4, -0.2) is 77.0 Å². The van der Waals surface area contributed by atoms with Gasteiger partial charge in [-0.05, 0) is 49.1 Å². The SMILES string of the molecule is O=C(N1CCC(c2ccc(C(F)(C(F)(F)F)C(F)(F)F)cc2)(S(=O)(=O)c2ccc(F)cc2)C1)C1(CO)CCS(O)(O)CC1. The predicted molar refractivity (Wildman–Crippen MR) is 139 cm³/mol. The summed E-state index contributed by atoms with van der Waals surface area (Å²) in [4.78, 5) is 14.3. The summed E-state index contributed by atoms with van der Waals surface area (Å²) in [6.45, 7) is -1.66. The van der Waals surface area contributed by atoms with Crippen molar-refractivity contribution in [1.82, 2.24) is 4.90 Å². The quantitative estimate of drug-likeness (QED) is 0.276. The largest absolute Gasteiger partial charge is 0.435 e. The number of amides is 1. The van der Waals surface area contributed by atoms with Crippen LogP contribution in [-0.2, 0) is 25.0 Å². The zero-order chi connectivity index (χ0) is 32.3. The summed E-state index contributed by atoms with van der Waals surface area (Å²) < 4.78 is 154. The van der Waals surface area contributed by atoms with Crippen LogP contribution in [0.25, 0.3) is 0 Å². The molecular weight excluding hydrogens is 638 g/mol. The average Bonchev–Trinajstić information content (AvgIpc) is 3.39. The molecule has 2 aromatic rings. The second kappa shape index (κ2) is 10.9. The lowest BCUT2D eigenvalue weighted by atomic mass is 9.81. The summed E-state index contributed by atoms with van der Waals surface area (Å²) in [6, 6.07) is 5.08. The first-order valence-electron chi connectivity index (χ1n) is 12.7. The van der Waals surface area contributed by atoms with Gasteiger partial charge in [-0.2, -0.15) is 36.9 Å². The van der Waals surface area contributed by atoms with E-state index in [4.69, 9.17) is 0 Å². The Balaban J connectivity index is 1.80. The van der Waals surface area contributed by atoms with Crippen molar-refractivity contribution >= 4 is 26.3 Å². The highest BCUT2D eigenvalue weighted by atomic mass is 32.3. The molecule has 0 spiro atoms. The Bertz CT molecular complexity index is 1440. The lowest BCUT2D eigenvalue weighted by molar-refractivity contribution is -0.348. The van der Waals surface area contributed by atoms with Crippen LogP contribution < -0.4 is 0 Å². The van der Waals surface area contributed by atoms with Crippen molar-refractivity contribution in [2.45, 2.75) is 46.9 Å². The number of benzene rings is 2. The Labute approximate surface area is 242 Å². The van der Waals surface area contributed by atoms with Crippen LogP contribution in [0.3, 0.4) is 0 Å². The number of hydrogen-bond acceptors (Lipinski definition) is 6. The highest BCUT2D eigenvalue weighted by Crippen LogP contribution is 2.55. The molecule has 3 N–H and O–H groups in total. The van der Waals surface area contributed by atoms with Crippen molar-refractivity contribution in [2.24, 2.45) is 5.41 Å². The number of carbonyl (C=O) groups excluding carboxylic acids is 1. The molecule has 0 aliphatic carbocycles. The van der Waals surface area contributed by atoms with E-state index in [9.17, 15) is 62.5 Å². The van der Waals surface area contributed by atoms with Crippen LogP contribution in [0.15, 0.2) is 53.4 Å². The maximum Gasteiger partial charge on any atom is 0.435 e. The van der Waals surface area contributed by atoms with Crippen LogP contribution in [0.2, 0.25) is 0 Å². The zero-order valence-electron chi connectivity index (χ0n) is 22.1. The van der Waals surface area contributed by atoms with E-state index in [1.807, 2.05) is 0 Å². The zero-order valence-corrected chi connectivity index (χ0v) is 23.8. The molecule has 1 amide bonds. The maximum absolute atomic E-state index is 14.7. The summed E-state index contributed by atoms with van der Waals surface area (Å²) in [6.07, 6.45) is -13.5. The molecule has 2 aliphatic heterocycles. The molecule has 2 aliphatic rings. The van der Waals surface area contributed by atoms with E-state index in [1.54, 1.807) is 0 Å². The molecule has 240 valence electrons. The summed E-state index contributed by atoms with van der Waals surface area (Å²) >= 11 is 0. The number of hydrogen-bond donors (Lipinski definition) is 3. The predicted octanol–water partition coefficient (Wildman–Crippen LogP) is 5.54. The Kier molecular flexibility index (Phi) is 8.44. The van der Waals surface area contributed by atoms with E-state index in [0.717, 1.165) is 29.2 Å². The van der Waals surface area contributed by atoms with Crippen molar-refractivity contribution in [3.63, 3.8) is 0 Å². The molecule has 43 heavy (non-hydrogen) atoms. The first-order valence-corrected chi connectivity index (χ1v) is 16.1. The van der Waals surface area contributed by atoms with Gasteiger partial charge in [0, 0.05) is 30.2 Å². The third-order valence-corrected chi connectivity index (χ3v) is 12.5. The Morgan fingerprint density at radius 3 is 1.84 bits per heavy atom. The Hall–Kier alpha value is -2.47. The fourth-order valence-corrected chi connectivity index (χ4v) is 9.33. The Morgan fingerprint density at radius 1 is 0.860 bits per heavy atom. The first-order chi connectivity index (χ1) is 19.7. The van der Waals surface area contributed by atoms with E-state index in [2.05, 4.69) is 0 Å². The minimum absolute atomic E-state index is 0.138. The maximum atomic E-state index is 14.7. The molecule has 1 unspecified atom stereocenters. The van der Waals surface area contributed by atoms with Crippen molar-refractivity contribution in [1.29, 1.82) is 0 Å². The fourth-order valence-electron chi connectivity index (χ4n) is 5.62. The van der Waals surface area contributed by atoms with Gasteiger partial charge in [-0.3, -0.25) is 13.9 Å². The third kappa shape index (κ3) is 5.51. The number of carbonyl (C=O) groups is 1. The van der Waals surface area contributed by atoms with E-state index in [1.165, 1.54) is 0 Å². The Morgan fingerprint density at radius 2 is 1.37 bits per heavy atom. The summed E-state index contributed by atoms with van der Waals surface area (Å²) in [7, 11) is -7.64. The molecule has 4 rings (SSSR count). The number of likely N-dealkylation sites (tertiary alicyclic amines) is 1. The van der Waals surface area contributed by atoms with Crippen molar-refractivity contribution in [3.8, 4) is 0 Å². The van der Waals surface area contributed by atoms with Gasteiger partial charge in [0.15, 0.2) is 9.84 Å². The topological polar surface area (TPSA) is 115 Å². The number of sulfone groups is 1. The molecule has 2 heterocycles. The van der Waals surface area contributed by atoms with Gasteiger partial charge >= 0.3 is 18.0 Å². The number of halogens is 8. The lowest BCUT2D eigenvalue weighted by Gasteiger charge is -2.45. The van der Waals surface area contributed by atoms with Gasteiger partial charge in [-0.1, -0.05) is 24.3 Å². The normalized spacial score (nSPS) is 23.7. The van der Waals surface area contributed by atoms with Crippen LogP contribution in [0.1, 0.15) is 30.4 Å². The van der Waals surface area contributed by atoms with Gasteiger partial charge < -0.3 is 10.0 Å². The molecule has 2 saturated heterocycles. The molecule has 2 aromatic carbocycles. The van der Waals surface area contributed by atoms with Gasteiger partial charge in [0.2, 0.25) is 5.91 Å². The molecule has 0 saturated carbocycles. The lowest BCUT2D eigenvalue weighted by Crippen LogP contribution is -2.50. The average molecular weight is 666 g/mol. The number of alkyl halides is 7. The molecule has 0 radical (unpaired) electrons. The molecule has 0 bridgehead atoms. The van der Waals surface area contributed by atoms with Crippen molar-refractivity contribution in [2.75, 3.05) is 31.2 Å². The van der Waals surface area contributed by atoms with Crippen LogP contribution >= 0.6 is 10.6 Å². The first kappa shape index (κ1) is 33.4. The standard InChI is InChI=1S/C26H27F8NO6S2/c27-19-5-7-20(8-6-19)43(40,41)23(17-1-3-18(4-2-17)24(28,25(29,30)31)26(32,33)34)9-12-35(15-23)21(37)22(16-36)10-13-42(38,39)14-11-22/h1-8,36,38-39H,9-16H2. The van der Waals surface area contributed by atoms with Crippen LogP contribution in [0.5, 0.6) is 0 Å². The number of aliphatic hydroxyl groups excluding tert-OH is 1. The number of rotatable bonds is 6. The highest BCUT2D eigenvalue weighted by molar-refractivity contribution is 8.24. The fraction of sp³-hybridized carbons (Fsp3) is 0.500. The van der Waals surface area contributed by atoms with E-state index in [0.29, 0.717) is 12.1 Å². The van der Waals surface area contributed by atoms with Gasteiger partial charge in [-0.25, -0.2) is 17.2 Å². The van der Waals surface area contributed by atoms with Gasteiger partial charge in [0.1, 0.15) is 10.6 Å². The van der Waals surface area contributed by atoms with Crippen LogP contribution in [0, 0.1) is 11.2 Å². The summed E-state index contributed by atoms with van der Waals surface area (Å²) in [5.74, 6) is -1.92. The second-order valence-electron chi connectivity index (χ2n) is 10.8. The van der Waals surface area contributed by atoms with Crippen LogP contribution in [0.4, 0.5) is 35.1 Å². The minimum atomic E-state index is -6.40. The third-order valence-electron chi connectivity index (χ3n) is 8.32. The second-order valence-corrected chi connectivity index (χ2v) is 15.5. The summed E-state index contributed by atoms with van der Waals surface area (Å²) in [5.41, 5.74) is -9.44. The molecule has 2 fully saturated rings. The van der Waals surface area contributed by atoms with Gasteiger partial charge in [-0.15, -0.1) is 0 Å². The van der Waals surface area contributed by atoms with Crippen molar-refractivity contribution < 1.29 is 62.5 Å². The highest BCUT2D eigenvalue weighted by Gasteiger charge is 2.73. The number of aliphatic hydroxyl groups is 1. The van der Waals surface area contributed by atoms with E-state index < -0.39 is 90.4 Å². The van der Waals surface area contributed by atoms with Gasteiger partial charge in [0.25, 0.3) is 0 Å². The van der Waals surface area contributed by atoms with E-state index >= 15 is 0 Å². The smallest absolute Gasteiger partial charge is 0.395 e. The van der Waals surface area contributed by atoms with Gasteiger partial charge in [0.05, 0.1) is 16.9 Å². The monoisotopic (exact) mass is 665 g/mol. The molecule has 1 atom stereocenters. The number of nitrogens with zero attached hydrogens (tertiary/aromatic N) is 1. The summed E-state index contributed by atoms with van der Waals surface area (Å²) in [5, 5.41) is 10.1. The molecule has 7 nitrogen and oxygen atoms in total. The van der Waals surface area contributed by atoms with E-state index in [-0.39, 0.29) is 48.6 Å². The molecule has 0 aromatic heterocycles.